The minimum atomic E-state index is -0.892. The molecular weight excluding hydrogens is 550 g/mol. The molecular formula is C33H40F2N6O2. The lowest BCUT2D eigenvalue weighted by atomic mass is 9.97. The van der Waals surface area contributed by atoms with Gasteiger partial charge in [0.05, 0.1) is 5.69 Å². The molecule has 0 bridgehead atoms. The third-order valence-electron chi connectivity index (χ3n) is 7.83. The van der Waals surface area contributed by atoms with Gasteiger partial charge in [-0.2, -0.15) is 4.98 Å². The third kappa shape index (κ3) is 7.07. The van der Waals surface area contributed by atoms with Gasteiger partial charge in [0, 0.05) is 34.7 Å². The van der Waals surface area contributed by atoms with Gasteiger partial charge in [0.25, 0.3) is 11.5 Å². The Labute approximate surface area is 251 Å². The predicted octanol–water partition coefficient (Wildman–Crippen LogP) is 6.10. The van der Waals surface area contributed by atoms with Crippen LogP contribution in [0.1, 0.15) is 63.4 Å². The van der Waals surface area contributed by atoms with Crippen LogP contribution in [-0.2, 0) is 0 Å². The standard InChI is InChI=1S/C33H40F2N6O2/c1-7-33(5,6)39-31(43)22-15-14-21(4)24(20-22)28-23-16-17-27(42)41(29-25(34)12-10-13-26(29)35)30(23)38-32(37-28)36-18-11-19-40(8-2)9-3/h10,12-17,20H,7-9,11,18-19H2,1-6H3,(H,39,43)(H,36,37,38). The van der Waals surface area contributed by atoms with E-state index < -0.39 is 28.4 Å². The van der Waals surface area contributed by atoms with Gasteiger partial charge in [-0.25, -0.2) is 13.8 Å². The van der Waals surface area contributed by atoms with Crippen LogP contribution in [0.5, 0.6) is 0 Å². The zero-order chi connectivity index (χ0) is 31.3. The Morgan fingerprint density at radius 2 is 1.70 bits per heavy atom. The zero-order valence-electron chi connectivity index (χ0n) is 25.7. The Kier molecular flexibility index (Phi) is 9.91. The first kappa shape index (κ1) is 31.7. The number of anilines is 1. The van der Waals surface area contributed by atoms with Crippen LogP contribution in [-0.4, -0.2) is 57.1 Å². The number of hydrogen-bond donors (Lipinski definition) is 2. The monoisotopic (exact) mass is 590 g/mol. The van der Waals surface area contributed by atoms with Gasteiger partial charge in [0.1, 0.15) is 17.3 Å². The molecule has 0 atom stereocenters. The van der Waals surface area contributed by atoms with E-state index >= 15 is 8.78 Å². The molecule has 2 heterocycles. The zero-order valence-corrected chi connectivity index (χ0v) is 25.7. The summed E-state index contributed by atoms with van der Waals surface area (Å²) in [6, 6.07) is 11.6. The summed E-state index contributed by atoms with van der Waals surface area (Å²) in [5.74, 6) is -1.81. The fraction of sp³-hybridized carbons (Fsp3) is 0.394. The maximum absolute atomic E-state index is 15.0. The van der Waals surface area contributed by atoms with E-state index in [2.05, 4.69) is 34.4 Å². The highest BCUT2D eigenvalue weighted by Crippen LogP contribution is 2.32. The molecule has 4 rings (SSSR count). The molecule has 8 nitrogen and oxygen atoms in total. The van der Waals surface area contributed by atoms with E-state index in [1.54, 1.807) is 18.2 Å². The van der Waals surface area contributed by atoms with Crippen LogP contribution in [0, 0.1) is 18.6 Å². The smallest absolute Gasteiger partial charge is 0.256 e. The minimum absolute atomic E-state index is 0.0501. The summed E-state index contributed by atoms with van der Waals surface area (Å²) in [5, 5.41) is 6.71. The van der Waals surface area contributed by atoms with Crippen LogP contribution in [0.3, 0.4) is 0 Å². The van der Waals surface area contributed by atoms with Crippen LogP contribution < -0.4 is 16.2 Å². The van der Waals surface area contributed by atoms with E-state index in [0.29, 0.717) is 28.8 Å². The third-order valence-corrected chi connectivity index (χ3v) is 7.83. The van der Waals surface area contributed by atoms with Crippen molar-refractivity contribution in [2.45, 2.75) is 59.9 Å². The molecule has 2 aromatic heterocycles. The van der Waals surface area contributed by atoms with Crippen molar-refractivity contribution in [3.05, 3.63) is 81.6 Å². The number of amides is 1. The van der Waals surface area contributed by atoms with Crippen molar-refractivity contribution in [3.63, 3.8) is 0 Å². The van der Waals surface area contributed by atoms with E-state index in [4.69, 9.17) is 4.98 Å². The number of rotatable bonds is 12. The molecule has 0 fully saturated rings. The summed E-state index contributed by atoms with van der Waals surface area (Å²) in [6.07, 6.45) is 1.56. The molecule has 43 heavy (non-hydrogen) atoms. The molecule has 4 aromatic rings. The second-order valence-corrected chi connectivity index (χ2v) is 11.2. The Morgan fingerprint density at radius 3 is 2.35 bits per heavy atom. The van der Waals surface area contributed by atoms with Crippen molar-refractivity contribution in [3.8, 4) is 16.9 Å². The number of aromatic nitrogens is 3. The largest absolute Gasteiger partial charge is 0.354 e. The molecule has 0 saturated carbocycles. The number of nitrogens with one attached hydrogen (secondary N) is 2. The van der Waals surface area contributed by atoms with E-state index in [9.17, 15) is 9.59 Å². The van der Waals surface area contributed by atoms with Crippen molar-refractivity contribution in [1.82, 2.24) is 24.8 Å². The number of carbonyl (C=O) groups excluding carboxylic acids is 1. The maximum Gasteiger partial charge on any atom is 0.256 e. The topological polar surface area (TPSA) is 92.2 Å². The summed E-state index contributed by atoms with van der Waals surface area (Å²) in [7, 11) is 0. The van der Waals surface area contributed by atoms with Crippen molar-refractivity contribution >= 4 is 22.9 Å². The predicted molar refractivity (Wildman–Crippen MR) is 168 cm³/mol. The van der Waals surface area contributed by atoms with E-state index in [1.807, 2.05) is 33.8 Å². The molecule has 2 N–H and O–H groups in total. The summed E-state index contributed by atoms with van der Waals surface area (Å²) >= 11 is 0. The van der Waals surface area contributed by atoms with Crippen molar-refractivity contribution in [1.29, 1.82) is 0 Å². The van der Waals surface area contributed by atoms with Crippen LogP contribution in [0.25, 0.3) is 28.0 Å². The summed E-state index contributed by atoms with van der Waals surface area (Å²) in [5.41, 5.74) is 0.843. The highest BCUT2D eigenvalue weighted by molar-refractivity contribution is 5.98. The second-order valence-electron chi connectivity index (χ2n) is 11.2. The lowest BCUT2D eigenvalue weighted by molar-refractivity contribution is 0.0911. The summed E-state index contributed by atoms with van der Waals surface area (Å²) in [4.78, 5) is 38.1. The molecule has 0 aliphatic carbocycles. The van der Waals surface area contributed by atoms with Crippen molar-refractivity contribution in [2.24, 2.45) is 0 Å². The van der Waals surface area contributed by atoms with Gasteiger partial charge < -0.3 is 15.5 Å². The number of nitrogens with zero attached hydrogens (tertiary/aromatic N) is 4. The van der Waals surface area contributed by atoms with Crippen LogP contribution in [0.15, 0.2) is 53.3 Å². The van der Waals surface area contributed by atoms with Gasteiger partial charge in [-0.1, -0.05) is 32.9 Å². The van der Waals surface area contributed by atoms with E-state index in [-0.39, 0.29) is 17.5 Å². The average Bonchev–Trinajstić information content (AvgIpc) is 2.97. The number of fused-ring (bicyclic) bond motifs is 1. The summed E-state index contributed by atoms with van der Waals surface area (Å²) in [6.45, 7) is 15.3. The fourth-order valence-electron chi connectivity index (χ4n) is 4.85. The van der Waals surface area contributed by atoms with Crippen molar-refractivity contribution in [2.75, 3.05) is 31.5 Å². The molecule has 0 unspecified atom stereocenters. The number of hydrogen-bond acceptors (Lipinski definition) is 6. The van der Waals surface area contributed by atoms with Gasteiger partial charge >= 0.3 is 0 Å². The summed E-state index contributed by atoms with van der Waals surface area (Å²) < 4.78 is 31.0. The van der Waals surface area contributed by atoms with Crippen LogP contribution in [0.4, 0.5) is 14.7 Å². The molecule has 10 heteroatoms. The first-order valence-corrected chi connectivity index (χ1v) is 14.8. The first-order valence-electron chi connectivity index (χ1n) is 14.8. The molecule has 0 aliphatic heterocycles. The molecule has 0 aliphatic rings. The van der Waals surface area contributed by atoms with Gasteiger partial charge in [0.15, 0.2) is 5.65 Å². The Morgan fingerprint density at radius 1 is 1.00 bits per heavy atom. The fourth-order valence-corrected chi connectivity index (χ4v) is 4.85. The molecule has 0 saturated heterocycles. The Hall–Kier alpha value is -4.18. The lowest BCUT2D eigenvalue weighted by Gasteiger charge is -2.24. The van der Waals surface area contributed by atoms with Crippen molar-refractivity contribution < 1.29 is 13.6 Å². The lowest BCUT2D eigenvalue weighted by Crippen LogP contribution is -2.42. The molecule has 228 valence electrons. The van der Waals surface area contributed by atoms with Gasteiger partial charge in [-0.3, -0.25) is 14.2 Å². The first-order chi connectivity index (χ1) is 20.5. The number of aryl methyl sites for hydroxylation is 1. The van der Waals surface area contributed by atoms with Gasteiger partial charge in [-0.05, 0) is 89.1 Å². The minimum Gasteiger partial charge on any atom is -0.354 e. The normalized spacial score (nSPS) is 11.7. The second kappa shape index (κ2) is 13.4. The van der Waals surface area contributed by atoms with Gasteiger partial charge in [0.2, 0.25) is 5.95 Å². The molecule has 2 aromatic carbocycles. The molecule has 0 radical (unpaired) electrons. The van der Waals surface area contributed by atoms with Gasteiger partial charge in [-0.15, -0.1) is 0 Å². The van der Waals surface area contributed by atoms with E-state index in [0.717, 1.165) is 54.7 Å². The Bertz CT molecular complexity index is 1660. The highest BCUT2D eigenvalue weighted by atomic mass is 19.1. The highest BCUT2D eigenvalue weighted by Gasteiger charge is 2.23. The SMILES string of the molecule is CCN(CC)CCCNc1nc(-c2cc(C(=O)NC(C)(C)CC)ccc2C)c2ccc(=O)n(-c3c(F)cccc3F)c2n1. The van der Waals surface area contributed by atoms with E-state index in [1.165, 1.54) is 12.1 Å². The number of para-hydroxylation sites is 1. The average molecular weight is 591 g/mol. The number of carbonyl (C=O) groups is 1. The number of halogens is 2. The quantitative estimate of drug-likeness (QED) is 0.194. The Balaban J connectivity index is 1.91. The molecule has 0 spiro atoms. The van der Waals surface area contributed by atoms with Crippen LogP contribution in [0.2, 0.25) is 0 Å². The van der Waals surface area contributed by atoms with Crippen LogP contribution >= 0.6 is 0 Å². The molecule has 1 amide bonds. The maximum atomic E-state index is 15.0. The number of pyridine rings is 1. The number of benzene rings is 2.